The molecule has 112 valence electrons. The smallest absolute Gasteiger partial charge is 0.318 e. The summed E-state index contributed by atoms with van der Waals surface area (Å²) in [7, 11) is -2.70. The van der Waals surface area contributed by atoms with Gasteiger partial charge in [-0.1, -0.05) is 6.07 Å². The monoisotopic (exact) mass is 310 g/mol. The van der Waals surface area contributed by atoms with Gasteiger partial charge in [0.1, 0.15) is 11.4 Å². The number of nitrogens with zero attached hydrogens (tertiary/aromatic N) is 4. The van der Waals surface area contributed by atoms with Gasteiger partial charge in [-0.15, -0.1) is 0 Å². The van der Waals surface area contributed by atoms with Gasteiger partial charge in [-0.2, -0.15) is 9.40 Å². The zero-order valence-corrected chi connectivity index (χ0v) is 12.3. The summed E-state index contributed by atoms with van der Waals surface area (Å²) in [6.45, 7) is 0.972. The SMILES string of the molecule is Cc1c(S(=O)(=O)N(C)CC(=O)O)cnn1-c1ccccn1. The van der Waals surface area contributed by atoms with Crippen LogP contribution in [0.3, 0.4) is 0 Å². The molecule has 2 heterocycles. The second-order valence-electron chi connectivity index (χ2n) is 4.35. The van der Waals surface area contributed by atoms with Crippen molar-refractivity contribution in [2.75, 3.05) is 13.6 Å². The van der Waals surface area contributed by atoms with E-state index in [2.05, 4.69) is 10.1 Å². The number of likely N-dealkylation sites (N-methyl/N-ethyl adjacent to an activating group) is 1. The van der Waals surface area contributed by atoms with E-state index in [1.165, 1.54) is 17.9 Å². The van der Waals surface area contributed by atoms with Crippen LogP contribution in [0.4, 0.5) is 0 Å². The Labute approximate surface area is 121 Å². The predicted molar refractivity (Wildman–Crippen MR) is 73.5 cm³/mol. The van der Waals surface area contributed by atoms with Crippen LogP contribution in [0, 0.1) is 6.92 Å². The molecule has 0 amide bonds. The molecule has 9 heteroatoms. The van der Waals surface area contributed by atoms with Crippen molar-refractivity contribution < 1.29 is 18.3 Å². The van der Waals surface area contributed by atoms with Crippen LogP contribution in [0.2, 0.25) is 0 Å². The van der Waals surface area contributed by atoms with E-state index in [9.17, 15) is 13.2 Å². The Morgan fingerprint density at radius 3 is 2.71 bits per heavy atom. The minimum absolute atomic E-state index is 0.0445. The first-order valence-electron chi connectivity index (χ1n) is 5.98. The zero-order valence-electron chi connectivity index (χ0n) is 11.5. The highest BCUT2D eigenvalue weighted by atomic mass is 32.2. The van der Waals surface area contributed by atoms with Crippen LogP contribution >= 0.6 is 0 Å². The van der Waals surface area contributed by atoms with Crippen molar-refractivity contribution in [2.45, 2.75) is 11.8 Å². The number of pyridine rings is 1. The lowest BCUT2D eigenvalue weighted by molar-refractivity contribution is -0.137. The van der Waals surface area contributed by atoms with E-state index >= 15 is 0 Å². The fourth-order valence-electron chi connectivity index (χ4n) is 1.80. The molecule has 8 nitrogen and oxygen atoms in total. The molecular formula is C12H14N4O4S. The molecule has 0 atom stereocenters. The number of carboxylic acid groups (broad SMARTS) is 1. The van der Waals surface area contributed by atoms with Crippen LogP contribution in [-0.4, -0.2) is 52.2 Å². The summed E-state index contributed by atoms with van der Waals surface area (Å²) in [5.41, 5.74) is 0.367. The van der Waals surface area contributed by atoms with Crippen molar-refractivity contribution in [3.63, 3.8) is 0 Å². The molecule has 0 unspecified atom stereocenters. The Morgan fingerprint density at radius 2 is 2.14 bits per heavy atom. The van der Waals surface area contributed by atoms with Gasteiger partial charge in [0.15, 0.2) is 5.82 Å². The number of aliphatic carboxylic acids is 1. The molecule has 2 aromatic heterocycles. The second-order valence-corrected chi connectivity index (χ2v) is 6.36. The molecule has 2 rings (SSSR count). The Balaban J connectivity index is 2.43. The largest absolute Gasteiger partial charge is 0.480 e. The van der Waals surface area contributed by atoms with Gasteiger partial charge in [-0.05, 0) is 19.1 Å². The minimum Gasteiger partial charge on any atom is -0.480 e. The quantitative estimate of drug-likeness (QED) is 0.850. The third-order valence-electron chi connectivity index (χ3n) is 2.88. The molecule has 21 heavy (non-hydrogen) atoms. The van der Waals surface area contributed by atoms with Gasteiger partial charge in [-0.25, -0.2) is 18.1 Å². The van der Waals surface area contributed by atoms with Crippen molar-refractivity contribution in [1.82, 2.24) is 19.1 Å². The molecule has 0 bridgehead atoms. The molecule has 0 spiro atoms. The zero-order chi connectivity index (χ0) is 15.6. The number of carbonyl (C=O) groups is 1. The molecule has 2 aromatic rings. The van der Waals surface area contributed by atoms with E-state index in [0.29, 0.717) is 11.5 Å². The van der Waals surface area contributed by atoms with Crippen LogP contribution in [0.1, 0.15) is 5.69 Å². The Hall–Kier alpha value is -2.26. The Kier molecular flexibility index (Phi) is 4.05. The number of rotatable bonds is 5. The molecule has 0 saturated heterocycles. The summed E-state index contributed by atoms with van der Waals surface area (Å²) in [6.07, 6.45) is 2.76. The van der Waals surface area contributed by atoms with Crippen molar-refractivity contribution in [2.24, 2.45) is 0 Å². The first-order chi connectivity index (χ1) is 9.84. The number of carboxylic acids is 1. The molecule has 0 aliphatic rings. The molecule has 0 aliphatic heterocycles. The van der Waals surface area contributed by atoms with Crippen molar-refractivity contribution in [3.8, 4) is 5.82 Å². The van der Waals surface area contributed by atoms with Crippen LogP contribution in [0.5, 0.6) is 0 Å². The molecule has 1 N–H and O–H groups in total. The van der Waals surface area contributed by atoms with Gasteiger partial charge in [0, 0.05) is 13.2 Å². The third-order valence-corrected chi connectivity index (χ3v) is 4.78. The summed E-state index contributed by atoms with van der Waals surface area (Å²) < 4.78 is 26.8. The maximum atomic E-state index is 12.3. The summed E-state index contributed by atoms with van der Waals surface area (Å²) in [5.74, 6) is -0.742. The van der Waals surface area contributed by atoms with E-state index < -0.39 is 22.5 Å². The van der Waals surface area contributed by atoms with Gasteiger partial charge in [-0.3, -0.25) is 4.79 Å². The highest BCUT2D eigenvalue weighted by molar-refractivity contribution is 7.89. The Bertz CT molecular complexity index is 755. The molecule has 0 radical (unpaired) electrons. The highest BCUT2D eigenvalue weighted by Gasteiger charge is 2.27. The average molecular weight is 310 g/mol. The van der Waals surface area contributed by atoms with Gasteiger partial charge >= 0.3 is 5.97 Å². The van der Waals surface area contributed by atoms with E-state index in [0.717, 1.165) is 4.31 Å². The average Bonchev–Trinajstić information content (AvgIpc) is 2.81. The number of hydrogen-bond donors (Lipinski definition) is 1. The lowest BCUT2D eigenvalue weighted by Gasteiger charge is -2.14. The molecule has 0 saturated carbocycles. The highest BCUT2D eigenvalue weighted by Crippen LogP contribution is 2.20. The third kappa shape index (κ3) is 2.93. The fraction of sp³-hybridized carbons (Fsp3) is 0.250. The van der Waals surface area contributed by atoms with Crippen LogP contribution in [0.15, 0.2) is 35.5 Å². The first kappa shape index (κ1) is 15.1. The summed E-state index contributed by atoms with van der Waals surface area (Å²) >= 11 is 0. The summed E-state index contributed by atoms with van der Waals surface area (Å²) in [6, 6.07) is 5.19. The predicted octanol–water partition coefficient (Wildman–Crippen LogP) is 0.281. The van der Waals surface area contributed by atoms with Gasteiger partial charge in [0.05, 0.1) is 11.9 Å². The van der Waals surface area contributed by atoms with Gasteiger partial charge in [0.2, 0.25) is 10.0 Å². The molecular weight excluding hydrogens is 296 g/mol. The van der Waals surface area contributed by atoms with E-state index in [1.807, 2.05) is 0 Å². The van der Waals surface area contributed by atoms with Crippen molar-refractivity contribution in [3.05, 3.63) is 36.3 Å². The van der Waals surface area contributed by atoms with Crippen LogP contribution in [0.25, 0.3) is 5.82 Å². The standard InChI is InChI=1S/C12H14N4O4S/c1-9-10(21(19,20)15(2)8-12(17)18)7-14-16(9)11-5-3-4-6-13-11/h3-7H,8H2,1-2H3,(H,17,18). The number of hydrogen-bond acceptors (Lipinski definition) is 5. The number of aromatic nitrogens is 3. The molecule has 0 aliphatic carbocycles. The van der Waals surface area contributed by atoms with E-state index in [-0.39, 0.29) is 4.90 Å². The summed E-state index contributed by atoms with van der Waals surface area (Å²) in [5, 5.41) is 12.7. The van der Waals surface area contributed by atoms with Crippen molar-refractivity contribution >= 4 is 16.0 Å². The minimum atomic E-state index is -3.91. The Morgan fingerprint density at radius 1 is 1.43 bits per heavy atom. The normalized spacial score (nSPS) is 11.8. The van der Waals surface area contributed by atoms with E-state index in [1.54, 1.807) is 31.3 Å². The van der Waals surface area contributed by atoms with Crippen LogP contribution in [-0.2, 0) is 14.8 Å². The van der Waals surface area contributed by atoms with Crippen molar-refractivity contribution in [1.29, 1.82) is 0 Å². The topological polar surface area (TPSA) is 105 Å². The van der Waals surface area contributed by atoms with Gasteiger partial charge < -0.3 is 5.11 Å². The lowest BCUT2D eigenvalue weighted by Crippen LogP contribution is -2.32. The van der Waals surface area contributed by atoms with Crippen LogP contribution < -0.4 is 0 Å². The second kappa shape index (κ2) is 5.62. The first-order valence-corrected chi connectivity index (χ1v) is 7.42. The fourth-order valence-corrected chi connectivity index (χ4v) is 3.06. The lowest BCUT2D eigenvalue weighted by atomic mass is 10.4. The molecule has 0 aromatic carbocycles. The maximum Gasteiger partial charge on any atom is 0.318 e. The maximum absolute atomic E-state index is 12.3. The molecule has 0 fully saturated rings. The van der Waals surface area contributed by atoms with E-state index in [4.69, 9.17) is 5.11 Å². The number of sulfonamides is 1. The summed E-state index contributed by atoms with van der Waals surface area (Å²) in [4.78, 5) is 14.7. The van der Waals surface area contributed by atoms with Gasteiger partial charge in [0.25, 0.3) is 0 Å².